The number of hydrogen-bond acceptors (Lipinski definition) is 3. The fourth-order valence-electron chi connectivity index (χ4n) is 3.24. The summed E-state index contributed by atoms with van der Waals surface area (Å²) in [6.07, 6.45) is 4.73. The summed E-state index contributed by atoms with van der Waals surface area (Å²) in [5.41, 5.74) is 2.86. The Balaban J connectivity index is 1.91. The summed E-state index contributed by atoms with van der Waals surface area (Å²) in [6.45, 7) is 6.85. The van der Waals surface area contributed by atoms with Crippen LogP contribution in [0.4, 0.5) is 9.39 Å². The van der Waals surface area contributed by atoms with Gasteiger partial charge in [-0.05, 0) is 53.9 Å². The number of halogens is 1. The van der Waals surface area contributed by atoms with Crippen molar-refractivity contribution in [2.45, 2.75) is 40.0 Å². The first-order chi connectivity index (χ1) is 11.4. The van der Waals surface area contributed by atoms with E-state index in [-0.39, 0.29) is 11.2 Å². The zero-order chi connectivity index (χ0) is 17.3. The highest BCUT2D eigenvalue weighted by Gasteiger charge is 2.32. The van der Waals surface area contributed by atoms with Gasteiger partial charge in [0.1, 0.15) is 16.9 Å². The van der Waals surface area contributed by atoms with Gasteiger partial charge in [0.25, 0.3) is 0 Å². The van der Waals surface area contributed by atoms with Gasteiger partial charge in [-0.2, -0.15) is 5.26 Å². The van der Waals surface area contributed by atoms with Crippen molar-refractivity contribution in [2.75, 3.05) is 0 Å². The Bertz CT molecular complexity index is 821. The molecule has 1 aromatic heterocycles. The van der Waals surface area contributed by atoms with Gasteiger partial charge >= 0.3 is 0 Å². The van der Waals surface area contributed by atoms with Gasteiger partial charge in [0.15, 0.2) is 0 Å². The second-order valence-corrected chi connectivity index (χ2v) is 8.50. The van der Waals surface area contributed by atoms with Crippen molar-refractivity contribution in [1.29, 1.82) is 5.26 Å². The van der Waals surface area contributed by atoms with Crippen molar-refractivity contribution in [2.24, 2.45) is 16.3 Å². The molecule has 2 nitrogen and oxygen atoms in total. The van der Waals surface area contributed by atoms with Crippen LogP contribution in [0.15, 0.2) is 29.3 Å². The SMILES string of the molecule is CC(C)(C)[C@H]1CCc2c(sc(N=Cc3cccc(F)c3)c2C#N)C1. The van der Waals surface area contributed by atoms with E-state index in [1.165, 1.54) is 22.6 Å². The lowest BCUT2D eigenvalue weighted by molar-refractivity contribution is 0.218. The van der Waals surface area contributed by atoms with Gasteiger partial charge in [-0.3, -0.25) is 0 Å². The van der Waals surface area contributed by atoms with Gasteiger partial charge in [0.05, 0.1) is 5.56 Å². The van der Waals surface area contributed by atoms with Crippen LogP contribution in [0.5, 0.6) is 0 Å². The molecule has 1 aliphatic carbocycles. The Labute approximate surface area is 146 Å². The first-order valence-electron chi connectivity index (χ1n) is 8.22. The fourth-order valence-corrected chi connectivity index (χ4v) is 4.46. The Morgan fingerprint density at radius 2 is 2.17 bits per heavy atom. The van der Waals surface area contributed by atoms with Crippen LogP contribution in [0.3, 0.4) is 0 Å². The number of aliphatic imine (C=N–C) groups is 1. The average Bonchev–Trinajstić information content (AvgIpc) is 2.88. The molecule has 4 heteroatoms. The maximum absolute atomic E-state index is 13.3. The summed E-state index contributed by atoms with van der Waals surface area (Å²) < 4.78 is 13.3. The molecule has 0 bridgehead atoms. The third kappa shape index (κ3) is 3.42. The lowest BCUT2D eigenvalue weighted by Gasteiger charge is -2.33. The van der Waals surface area contributed by atoms with Crippen LogP contribution in [-0.2, 0) is 12.8 Å². The molecule has 0 aliphatic heterocycles. The van der Waals surface area contributed by atoms with E-state index in [1.807, 2.05) is 6.07 Å². The third-order valence-electron chi connectivity index (χ3n) is 4.76. The highest BCUT2D eigenvalue weighted by Crippen LogP contribution is 2.44. The minimum absolute atomic E-state index is 0.277. The fraction of sp³-hybridized carbons (Fsp3) is 0.400. The van der Waals surface area contributed by atoms with E-state index in [1.54, 1.807) is 23.6 Å². The lowest BCUT2D eigenvalue weighted by Crippen LogP contribution is -2.26. The van der Waals surface area contributed by atoms with Crippen LogP contribution in [0.25, 0.3) is 0 Å². The molecule has 0 radical (unpaired) electrons. The van der Waals surface area contributed by atoms with E-state index in [0.717, 1.165) is 24.3 Å². The zero-order valence-corrected chi connectivity index (χ0v) is 15.1. The van der Waals surface area contributed by atoms with Crippen molar-refractivity contribution in [3.05, 3.63) is 51.7 Å². The predicted molar refractivity (Wildman–Crippen MR) is 97.7 cm³/mol. The molecular weight excluding hydrogens is 319 g/mol. The van der Waals surface area contributed by atoms with Crippen molar-refractivity contribution < 1.29 is 4.39 Å². The number of fused-ring (bicyclic) bond motifs is 1. The van der Waals surface area contributed by atoms with Gasteiger partial charge in [-0.1, -0.05) is 32.9 Å². The number of hydrogen-bond donors (Lipinski definition) is 0. The van der Waals surface area contributed by atoms with E-state index in [4.69, 9.17) is 0 Å². The molecule has 0 saturated carbocycles. The molecule has 3 rings (SSSR count). The Morgan fingerprint density at radius 3 is 2.83 bits per heavy atom. The molecule has 1 aromatic carbocycles. The highest BCUT2D eigenvalue weighted by molar-refractivity contribution is 7.16. The average molecular weight is 340 g/mol. The minimum Gasteiger partial charge on any atom is -0.244 e. The molecule has 0 saturated heterocycles. The Morgan fingerprint density at radius 1 is 1.38 bits per heavy atom. The molecule has 0 spiro atoms. The Kier molecular flexibility index (Phi) is 4.56. The maximum atomic E-state index is 13.3. The first-order valence-corrected chi connectivity index (χ1v) is 9.04. The second kappa shape index (κ2) is 6.49. The largest absolute Gasteiger partial charge is 0.244 e. The van der Waals surface area contributed by atoms with Crippen LogP contribution >= 0.6 is 11.3 Å². The summed E-state index contributed by atoms with van der Waals surface area (Å²) in [7, 11) is 0. The van der Waals surface area contributed by atoms with Crippen LogP contribution in [-0.4, -0.2) is 6.21 Å². The summed E-state index contributed by atoms with van der Waals surface area (Å²) >= 11 is 1.62. The number of nitriles is 1. The lowest BCUT2D eigenvalue weighted by atomic mass is 9.72. The number of nitrogens with zero attached hydrogens (tertiary/aromatic N) is 2. The predicted octanol–water partition coefficient (Wildman–Crippen LogP) is 5.66. The van der Waals surface area contributed by atoms with Gasteiger partial charge < -0.3 is 0 Å². The van der Waals surface area contributed by atoms with Gasteiger partial charge in [-0.25, -0.2) is 9.38 Å². The van der Waals surface area contributed by atoms with Crippen LogP contribution < -0.4 is 0 Å². The van der Waals surface area contributed by atoms with Crippen LogP contribution in [0.1, 0.15) is 48.8 Å². The zero-order valence-electron chi connectivity index (χ0n) is 14.3. The summed E-state index contributed by atoms with van der Waals surface area (Å²) in [4.78, 5) is 5.78. The monoisotopic (exact) mass is 340 g/mol. The number of benzene rings is 1. The number of rotatable bonds is 2. The van der Waals surface area contributed by atoms with E-state index in [0.29, 0.717) is 17.0 Å². The molecular formula is C20H21FN2S. The standard InChI is InChI=1S/C20H21FN2S/c1-20(2,3)14-7-8-16-17(11-22)19(24-18(16)10-14)23-12-13-5-4-6-15(21)9-13/h4-6,9,12,14H,7-8,10H2,1-3H3/t14-/m0/s1. The van der Waals surface area contributed by atoms with Crippen molar-refractivity contribution in [3.8, 4) is 6.07 Å². The maximum Gasteiger partial charge on any atom is 0.134 e. The van der Waals surface area contributed by atoms with Crippen LogP contribution in [0.2, 0.25) is 0 Å². The first kappa shape index (κ1) is 16.9. The van der Waals surface area contributed by atoms with Crippen LogP contribution in [0, 0.1) is 28.5 Å². The van der Waals surface area contributed by atoms with E-state index in [9.17, 15) is 9.65 Å². The summed E-state index contributed by atoms with van der Waals surface area (Å²) in [5.74, 6) is 0.355. The molecule has 0 unspecified atom stereocenters. The highest BCUT2D eigenvalue weighted by atomic mass is 32.1. The summed E-state index contributed by atoms with van der Waals surface area (Å²) in [6, 6.07) is 8.65. The minimum atomic E-state index is -0.280. The molecule has 1 atom stereocenters. The van der Waals surface area contributed by atoms with Crippen molar-refractivity contribution in [1.82, 2.24) is 0 Å². The molecule has 1 aliphatic rings. The Hall–Kier alpha value is -1.99. The van der Waals surface area contributed by atoms with E-state index in [2.05, 4.69) is 31.8 Å². The second-order valence-electron chi connectivity index (χ2n) is 7.41. The third-order valence-corrected chi connectivity index (χ3v) is 5.93. The number of thiophene rings is 1. The quantitative estimate of drug-likeness (QED) is 0.650. The molecule has 124 valence electrons. The van der Waals surface area contributed by atoms with Gasteiger partial charge in [0.2, 0.25) is 0 Å². The normalized spacial score (nSPS) is 17.7. The smallest absolute Gasteiger partial charge is 0.134 e. The van der Waals surface area contributed by atoms with E-state index < -0.39 is 0 Å². The molecule has 0 fully saturated rings. The molecule has 0 N–H and O–H groups in total. The molecule has 0 amide bonds. The van der Waals surface area contributed by atoms with Gasteiger partial charge in [0, 0.05) is 11.1 Å². The molecule has 2 aromatic rings. The van der Waals surface area contributed by atoms with Crippen molar-refractivity contribution in [3.63, 3.8) is 0 Å². The molecule has 1 heterocycles. The summed E-state index contributed by atoms with van der Waals surface area (Å²) in [5, 5.41) is 10.3. The van der Waals surface area contributed by atoms with Gasteiger partial charge in [-0.15, -0.1) is 11.3 Å². The molecule has 24 heavy (non-hydrogen) atoms. The van der Waals surface area contributed by atoms with Crippen molar-refractivity contribution >= 4 is 22.6 Å². The van der Waals surface area contributed by atoms with E-state index >= 15 is 0 Å². The topological polar surface area (TPSA) is 36.1 Å².